The van der Waals surface area contributed by atoms with Crippen LogP contribution in [-0.4, -0.2) is 4.57 Å². The van der Waals surface area contributed by atoms with Crippen LogP contribution in [-0.2, 0) is 0 Å². The van der Waals surface area contributed by atoms with Gasteiger partial charge in [-0.2, -0.15) is 0 Å². The first-order valence-corrected chi connectivity index (χ1v) is 22.0. The van der Waals surface area contributed by atoms with Crippen molar-refractivity contribution in [2.24, 2.45) is 0 Å². The van der Waals surface area contributed by atoms with E-state index in [2.05, 4.69) is 264 Å². The molecule has 2 nitrogen and oxygen atoms in total. The van der Waals surface area contributed by atoms with E-state index >= 15 is 0 Å². The molecule has 0 N–H and O–H groups in total. The van der Waals surface area contributed by atoms with Crippen molar-refractivity contribution in [3.8, 4) is 50.2 Å². The van der Waals surface area contributed by atoms with Crippen LogP contribution in [0.4, 0.5) is 17.1 Å². The number of nitrogens with zero attached hydrogens (tertiary/aromatic N) is 2. The van der Waals surface area contributed by atoms with Gasteiger partial charge in [0.15, 0.2) is 0 Å². The predicted molar refractivity (Wildman–Crippen MR) is 272 cm³/mol. The zero-order valence-electron chi connectivity index (χ0n) is 35.1. The second kappa shape index (κ2) is 15.8. The molecule has 1 aromatic heterocycles. The molecule has 0 radical (unpaired) electrons. The van der Waals surface area contributed by atoms with Crippen LogP contribution in [0.25, 0.3) is 93.5 Å². The molecule has 0 saturated heterocycles. The fourth-order valence-corrected chi connectivity index (χ4v) is 9.76. The van der Waals surface area contributed by atoms with E-state index in [1.54, 1.807) is 0 Å². The fraction of sp³-hybridized carbons (Fsp3) is 0. The molecule has 11 aromatic carbocycles. The standard InChI is InChI=1S/C62H42N2/c1-4-18-43(19-5-1)48-38-49(41-51(40-48)64-60-30-16-14-28-57(60)58-29-15-17-31-61(58)64)44-32-34-50(35-33-44)63(52-39-47-24-10-11-25-53(47)59(42-52)46-22-8-3-9-23-46)62-37-36-54(45-20-6-2-7-21-45)55-26-12-13-27-56(55)62/h1-42H. The number of hydrogen-bond donors (Lipinski definition) is 0. The monoisotopic (exact) mass is 814 g/mol. The van der Waals surface area contributed by atoms with Crippen LogP contribution < -0.4 is 4.90 Å². The maximum absolute atomic E-state index is 2.45. The SMILES string of the molecule is c1ccc(-c2cc(-c3ccc(N(c4cc(-c5ccccc5)c5ccccc5c4)c4ccc(-c5ccccc5)c5ccccc45)cc3)cc(-n3c4ccccc4c4ccccc43)c2)cc1. The normalized spacial score (nSPS) is 11.4. The Morgan fingerprint density at radius 1 is 0.266 bits per heavy atom. The Bertz CT molecular complexity index is 3590. The average molecular weight is 815 g/mol. The first-order valence-electron chi connectivity index (χ1n) is 22.0. The first kappa shape index (κ1) is 37.3. The lowest BCUT2D eigenvalue weighted by molar-refractivity contribution is 1.18. The van der Waals surface area contributed by atoms with Crippen LogP contribution in [0.5, 0.6) is 0 Å². The number of hydrogen-bond acceptors (Lipinski definition) is 1. The van der Waals surface area contributed by atoms with E-state index in [9.17, 15) is 0 Å². The molecule has 64 heavy (non-hydrogen) atoms. The van der Waals surface area contributed by atoms with Gasteiger partial charge in [-0.1, -0.05) is 194 Å². The molecule has 300 valence electrons. The molecule has 0 amide bonds. The summed E-state index contributed by atoms with van der Waals surface area (Å²) in [4.78, 5) is 2.45. The lowest BCUT2D eigenvalue weighted by atomic mass is 9.94. The molecule has 12 aromatic rings. The number of anilines is 3. The summed E-state index contributed by atoms with van der Waals surface area (Å²) in [5, 5.41) is 7.33. The molecule has 0 aliphatic heterocycles. The Balaban J connectivity index is 1.06. The van der Waals surface area contributed by atoms with E-state index in [1.807, 2.05) is 0 Å². The van der Waals surface area contributed by atoms with Gasteiger partial charge in [0.1, 0.15) is 0 Å². The summed E-state index contributed by atoms with van der Waals surface area (Å²) in [6.45, 7) is 0. The number of benzene rings is 11. The van der Waals surface area contributed by atoms with Crippen molar-refractivity contribution in [2.45, 2.75) is 0 Å². The molecule has 0 aliphatic rings. The van der Waals surface area contributed by atoms with Gasteiger partial charge < -0.3 is 9.47 Å². The molecule has 2 heteroatoms. The van der Waals surface area contributed by atoms with Crippen molar-refractivity contribution in [2.75, 3.05) is 4.90 Å². The lowest BCUT2D eigenvalue weighted by Crippen LogP contribution is -2.11. The van der Waals surface area contributed by atoms with Crippen molar-refractivity contribution in [1.82, 2.24) is 4.57 Å². The van der Waals surface area contributed by atoms with E-state index in [1.165, 1.54) is 76.7 Å². The molecular formula is C62H42N2. The topological polar surface area (TPSA) is 8.17 Å². The minimum absolute atomic E-state index is 1.08. The molecule has 0 bridgehead atoms. The first-order chi connectivity index (χ1) is 31.7. The second-order valence-electron chi connectivity index (χ2n) is 16.5. The number of fused-ring (bicyclic) bond motifs is 5. The van der Waals surface area contributed by atoms with Crippen LogP contribution in [0.1, 0.15) is 0 Å². The minimum atomic E-state index is 1.08. The Hall–Kier alpha value is -8.46. The second-order valence-corrected chi connectivity index (χ2v) is 16.5. The average Bonchev–Trinajstić information content (AvgIpc) is 3.71. The van der Waals surface area contributed by atoms with Crippen molar-refractivity contribution < 1.29 is 0 Å². The smallest absolute Gasteiger partial charge is 0.0541 e. The summed E-state index contributed by atoms with van der Waals surface area (Å²) in [6.07, 6.45) is 0. The van der Waals surface area contributed by atoms with Crippen molar-refractivity contribution >= 4 is 60.4 Å². The fourth-order valence-electron chi connectivity index (χ4n) is 9.76. The highest BCUT2D eigenvalue weighted by molar-refractivity contribution is 6.10. The minimum Gasteiger partial charge on any atom is -0.310 e. The highest BCUT2D eigenvalue weighted by Gasteiger charge is 2.20. The highest BCUT2D eigenvalue weighted by Crippen LogP contribution is 2.45. The third-order valence-corrected chi connectivity index (χ3v) is 12.7. The van der Waals surface area contributed by atoms with Gasteiger partial charge in [0.2, 0.25) is 0 Å². The van der Waals surface area contributed by atoms with Crippen LogP contribution in [0, 0.1) is 0 Å². The zero-order chi connectivity index (χ0) is 42.4. The van der Waals surface area contributed by atoms with Gasteiger partial charge in [0.25, 0.3) is 0 Å². The summed E-state index contributed by atoms with van der Waals surface area (Å²) < 4.78 is 2.42. The van der Waals surface area contributed by atoms with Crippen molar-refractivity contribution in [1.29, 1.82) is 0 Å². The molecule has 0 unspecified atom stereocenters. The Kier molecular flexibility index (Phi) is 9.20. The van der Waals surface area contributed by atoms with E-state index in [0.717, 1.165) is 33.9 Å². The zero-order valence-corrected chi connectivity index (χ0v) is 35.1. The molecule has 12 rings (SSSR count). The molecule has 0 saturated carbocycles. The van der Waals surface area contributed by atoms with Gasteiger partial charge in [-0.25, -0.2) is 0 Å². The van der Waals surface area contributed by atoms with E-state index in [4.69, 9.17) is 0 Å². The predicted octanol–water partition coefficient (Wildman–Crippen LogP) is 17.2. The Morgan fingerprint density at radius 2 is 0.750 bits per heavy atom. The van der Waals surface area contributed by atoms with Gasteiger partial charge in [-0.3, -0.25) is 0 Å². The largest absolute Gasteiger partial charge is 0.310 e. The summed E-state index contributed by atoms with van der Waals surface area (Å²) in [5.41, 5.74) is 16.3. The van der Waals surface area contributed by atoms with Gasteiger partial charge in [0.05, 0.1) is 16.7 Å². The summed E-state index contributed by atoms with van der Waals surface area (Å²) in [5.74, 6) is 0. The lowest BCUT2D eigenvalue weighted by Gasteiger charge is -2.29. The van der Waals surface area contributed by atoms with Crippen molar-refractivity contribution in [3.63, 3.8) is 0 Å². The Morgan fingerprint density at radius 3 is 1.38 bits per heavy atom. The van der Waals surface area contributed by atoms with Gasteiger partial charge in [-0.15, -0.1) is 0 Å². The molecule has 0 atom stereocenters. The van der Waals surface area contributed by atoms with Gasteiger partial charge >= 0.3 is 0 Å². The van der Waals surface area contributed by atoms with Crippen LogP contribution in [0.2, 0.25) is 0 Å². The summed E-state index contributed by atoms with van der Waals surface area (Å²) >= 11 is 0. The number of rotatable bonds is 8. The molecular weight excluding hydrogens is 773 g/mol. The molecule has 0 aliphatic carbocycles. The van der Waals surface area contributed by atoms with Crippen LogP contribution in [0.3, 0.4) is 0 Å². The van der Waals surface area contributed by atoms with E-state index in [0.29, 0.717) is 0 Å². The highest BCUT2D eigenvalue weighted by atomic mass is 15.1. The maximum Gasteiger partial charge on any atom is 0.0541 e. The molecule has 1 heterocycles. The summed E-state index contributed by atoms with van der Waals surface area (Å²) in [6, 6.07) is 92.8. The third kappa shape index (κ3) is 6.52. The Labute approximate surface area is 373 Å². The maximum atomic E-state index is 2.45. The molecule has 0 fully saturated rings. The number of para-hydroxylation sites is 2. The third-order valence-electron chi connectivity index (χ3n) is 12.7. The van der Waals surface area contributed by atoms with Gasteiger partial charge in [0, 0.05) is 33.2 Å². The quantitative estimate of drug-likeness (QED) is 0.148. The number of aromatic nitrogens is 1. The summed E-state index contributed by atoms with van der Waals surface area (Å²) in [7, 11) is 0. The van der Waals surface area contributed by atoms with E-state index in [-0.39, 0.29) is 0 Å². The van der Waals surface area contributed by atoms with Crippen molar-refractivity contribution in [3.05, 3.63) is 255 Å². The van der Waals surface area contributed by atoms with Gasteiger partial charge in [-0.05, 0) is 121 Å². The van der Waals surface area contributed by atoms with Crippen LogP contribution >= 0.6 is 0 Å². The van der Waals surface area contributed by atoms with E-state index < -0.39 is 0 Å². The molecule has 0 spiro atoms. The van der Waals surface area contributed by atoms with Crippen LogP contribution in [0.15, 0.2) is 255 Å².